The van der Waals surface area contributed by atoms with Crippen molar-refractivity contribution in [3.8, 4) is 0 Å². The summed E-state index contributed by atoms with van der Waals surface area (Å²) in [5, 5.41) is 5.89. The number of nitrogen functional groups attached to an aromatic ring is 1. The lowest BCUT2D eigenvalue weighted by molar-refractivity contribution is -0.119. The summed E-state index contributed by atoms with van der Waals surface area (Å²) in [6.45, 7) is 6.63. The first-order chi connectivity index (χ1) is 16.8. The van der Waals surface area contributed by atoms with E-state index in [0.717, 1.165) is 55.6 Å². The number of nitrogens with two attached hydrogens (primary N) is 1. The van der Waals surface area contributed by atoms with E-state index >= 15 is 0 Å². The molecule has 1 aliphatic carbocycles. The number of aromatic nitrogens is 1. The Kier molecular flexibility index (Phi) is 9.65. The monoisotopic (exact) mass is 499 g/mol. The van der Waals surface area contributed by atoms with Gasteiger partial charge in [0.2, 0.25) is 5.91 Å². The van der Waals surface area contributed by atoms with Crippen molar-refractivity contribution in [2.24, 2.45) is 5.92 Å². The summed E-state index contributed by atoms with van der Waals surface area (Å²) in [5.41, 5.74) is 8.11. The van der Waals surface area contributed by atoms with Crippen molar-refractivity contribution >= 4 is 40.6 Å². The summed E-state index contributed by atoms with van der Waals surface area (Å²) < 4.78 is 4.21. The van der Waals surface area contributed by atoms with Gasteiger partial charge < -0.3 is 16.4 Å². The van der Waals surface area contributed by atoms with Crippen molar-refractivity contribution in [1.82, 2.24) is 15.0 Å². The van der Waals surface area contributed by atoms with E-state index in [1.807, 2.05) is 24.3 Å². The van der Waals surface area contributed by atoms with Gasteiger partial charge in [-0.15, -0.1) is 0 Å². The highest BCUT2D eigenvalue weighted by atomic mass is 32.1. The average molecular weight is 500 g/mol. The Morgan fingerprint density at radius 1 is 1.14 bits per heavy atom. The van der Waals surface area contributed by atoms with Crippen molar-refractivity contribution in [3.05, 3.63) is 40.4 Å². The van der Waals surface area contributed by atoms with E-state index in [9.17, 15) is 14.4 Å². The molecule has 0 aliphatic heterocycles. The molecule has 8 nitrogen and oxygen atoms in total. The highest BCUT2D eigenvalue weighted by Crippen LogP contribution is 2.27. The third kappa shape index (κ3) is 7.27. The van der Waals surface area contributed by atoms with E-state index in [4.69, 9.17) is 5.73 Å². The summed E-state index contributed by atoms with van der Waals surface area (Å²) in [7, 11) is 0. The van der Waals surface area contributed by atoms with Crippen LogP contribution in [0.3, 0.4) is 0 Å². The SMILES string of the molecule is CCc1ccc(N(CC(=O)NCCC(C)C)C(=O)c2snc(C(=O)NC3CCCCC3)c2N)cc1. The van der Waals surface area contributed by atoms with E-state index in [-0.39, 0.29) is 40.7 Å². The highest BCUT2D eigenvalue weighted by Gasteiger charge is 2.29. The van der Waals surface area contributed by atoms with Crippen molar-refractivity contribution < 1.29 is 14.4 Å². The van der Waals surface area contributed by atoms with Gasteiger partial charge >= 0.3 is 0 Å². The van der Waals surface area contributed by atoms with Crippen LogP contribution in [0.1, 0.15) is 85.0 Å². The van der Waals surface area contributed by atoms with Crippen molar-refractivity contribution in [2.75, 3.05) is 23.7 Å². The maximum Gasteiger partial charge on any atom is 0.273 e. The molecule has 190 valence electrons. The lowest BCUT2D eigenvalue weighted by Gasteiger charge is -2.23. The Hall–Kier alpha value is -2.94. The molecule has 0 radical (unpaired) electrons. The first-order valence-corrected chi connectivity index (χ1v) is 13.3. The molecular weight excluding hydrogens is 462 g/mol. The number of benzene rings is 1. The summed E-state index contributed by atoms with van der Waals surface area (Å²) in [5.74, 6) is -0.586. The van der Waals surface area contributed by atoms with E-state index in [0.29, 0.717) is 18.2 Å². The third-order valence-corrected chi connectivity index (χ3v) is 7.18. The summed E-state index contributed by atoms with van der Waals surface area (Å²) in [4.78, 5) is 40.6. The zero-order chi connectivity index (χ0) is 25.4. The summed E-state index contributed by atoms with van der Waals surface area (Å²) in [6.07, 6.45) is 6.96. The first kappa shape index (κ1) is 26.7. The summed E-state index contributed by atoms with van der Waals surface area (Å²) in [6, 6.07) is 7.63. The second-order valence-corrected chi connectivity index (χ2v) is 10.3. The molecule has 1 saturated carbocycles. The number of carbonyl (C=O) groups is 3. The van der Waals surface area contributed by atoms with E-state index in [1.54, 1.807) is 0 Å². The van der Waals surface area contributed by atoms with Gasteiger partial charge in [0.1, 0.15) is 11.4 Å². The number of hydrogen-bond donors (Lipinski definition) is 3. The maximum atomic E-state index is 13.6. The van der Waals surface area contributed by atoms with Crippen LogP contribution in [0.4, 0.5) is 11.4 Å². The molecule has 3 rings (SSSR count). The van der Waals surface area contributed by atoms with Crippen LogP contribution in [0.2, 0.25) is 0 Å². The second kappa shape index (κ2) is 12.7. The van der Waals surface area contributed by atoms with Gasteiger partial charge in [0.05, 0.1) is 5.69 Å². The number of aryl methyl sites for hydroxylation is 1. The molecule has 9 heteroatoms. The van der Waals surface area contributed by atoms with Gasteiger partial charge in [0.25, 0.3) is 11.8 Å². The quantitative estimate of drug-likeness (QED) is 0.454. The molecule has 1 aliphatic rings. The number of rotatable bonds is 10. The zero-order valence-electron chi connectivity index (χ0n) is 20.9. The number of anilines is 2. The van der Waals surface area contributed by atoms with Gasteiger partial charge in [-0.2, -0.15) is 4.37 Å². The van der Waals surface area contributed by atoms with E-state index in [1.165, 1.54) is 11.3 Å². The van der Waals surface area contributed by atoms with E-state index < -0.39 is 5.91 Å². The van der Waals surface area contributed by atoms with Crippen LogP contribution in [0.15, 0.2) is 24.3 Å². The minimum Gasteiger partial charge on any atom is -0.395 e. The lowest BCUT2D eigenvalue weighted by Crippen LogP contribution is -2.41. The number of nitrogens with one attached hydrogen (secondary N) is 2. The fourth-order valence-electron chi connectivity index (χ4n) is 4.13. The molecule has 4 N–H and O–H groups in total. The Morgan fingerprint density at radius 3 is 2.46 bits per heavy atom. The van der Waals surface area contributed by atoms with Crippen LogP contribution in [0.25, 0.3) is 0 Å². The Morgan fingerprint density at radius 2 is 1.83 bits per heavy atom. The minimum absolute atomic E-state index is 0.0590. The van der Waals surface area contributed by atoms with Gasteiger partial charge in [-0.05, 0) is 60.8 Å². The normalized spacial score (nSPS) is 14.1. The van der Waals surface area contributed by atoms with Crippen molar-refractivity contribution in [3.63, 3.8) is 0 Å². The molecule has 0 spiro atoms. The van der Waals surface area contributed by atoms with Crippen LogP contribution in [0, 0.1) is 5.92 Å². The predicted molar refractivity (Wildman–Crippen MR) is 141 cm³/mol. The number of amides is 3. The molecule has 0 saturated heterocycles. The molecule has 0 atom stereocenters. The fraction of sp³-hybridized carbons (Fsp3) is 0.538. The Bertz CT molecular complexity index is 1010. The van der Waals surface area contributed by atoms with Gasteiger partial charge in [0.15, 0.2) is 5.69 Å². The molecule has 3 amide bonds. The Balaban J connectivity index is 1.79. The van der Waals surface area contributed by atoms with Crippen LogP contribution < -0.4 is 21.3 Å². The minimum atomic E-state index is -0.444. The third-order valence-electron chi connectivity index (χ3n) is 6.32. The van der Waals surface area contributed by atoms with Crippen LogP contribution in [-0.4, -0.2) is 41.2 Å². The molecule has 1 heterocycles. The van der Waals surface area contributed by atoms with Gasteiger partial charge in [-0.1, -0.05) is 52.2 Å². The first-order valence-electron chi connectivity index (χ1n) is 12.5. The smallest absolute Gasteiger partial charge is 0.273 e. The molecular formula is C26H37N5O3S. The van der Waals surface area contributed by atoms with E-state index in [2.05, 4.69) is 35.8 Å². The van der Waals surface area contributed by atoms with Crippen LogP contribution >= 0.6 is 11.5 Å². The maximum absolute atomic E-state index is 13.6. The Labute approximate surface area is 211 Å². The molecule has 0 unspecified atom stereocenters. The van der Waals surface area contributed by atoms with Crippen molar-refractivity contribution in [1.29, 1.82) is 0 Å². The predicted octanol–water partition coefficient (Wildman–Crippen LogP) is 4.16. The van der Waals surface area contributed by atoms with Gasteiger partial charge in [-0.3, -0.25) is 19.3 Å². The number of hydrogen-bond acceptors (Lipinski definition) is 6. The number of carbonyl (C=O) groups excluding carboxylic acids is 3. The largest absolute Gasteiger partial charge is 0.395 e. The molecule has 0 bridgehead atoms. The topological polar surface area (TPSA) is 117 Å². The molecule has 1 aromatic carbocycles. The number of nitrogens with zero attached hydrogens (tertiary/aromatic N) is 2. The van der Waals surface area contributed by atoms with Gasteiger partial charge in [0, 0.05) is 18.3 Å². The summed E-state index contributed by atoms with van der Waals surface area (Å²) >= 11 is 0.895. The lowest BCUT2D eigenvalue weighted by atomic mass is 9.95. The van der Waals surface area contributed by atoms with Crippen LogP contribution in [0.5, 0.6) is 0 Å². The molecule has 1 aromatic heterocycles. The second-order valence-electron chi connectivity index (χ2n) is 9.53. The van der Waals surface area contributed by atoms with Gasteiger partial charge in [-0.25, -0.2) is 0 Å². The average Bonchev–Trinajstić information content (AvgIpc) is 3.24. The zero-order valence-corrected chi connectivity index (χ0v) is 21.7. The molecule has 2 aromatic rings. The standard InChI is InChI=1S/C26H37N5O3S/c1-4-18-10-12-20(13-11-18)31(16-21(32)28-15-14-17(2)3)26(34)24-22(27)23(30-35-24)25(33)29-19-8-6-5-7-9-19/h10-13,17,19H,4-9,14-16,27H2,1-3H3,(H,28,32)(H,29,33). The molecule has 35 heavy (non-hydrogen) atoms. The fourth-order valence-corrected chi connectivity index (χ4v) is 4.88. The van der Waals surface area contributed by atoms with Crippen molar-refractivity contribution in [2.45, 2.75) is 71.8 Å². The highest BCUT2D eigenvalue weighted by molar-refractivity contribution is 7.09. The van der Waals surface area contributed by atoms with Crippen LogP contribution in [-0.2, 0) is 11.2 Å². The molecule has 1 fully saturated rings.